The Balaban J connectivity index is 2.11. The summed E-state index contributed by atoms with van der Waals surface area (Å²) in [7, 11) is 0. The van der Waals surface area contributed by atoms with Crippen molar-refractivity contribution in [3.8, 4) is 0 Å². The minimum Gasteiger partial charge on any atom is -0.310 e. The van der Waals surface area contributed by atoms with Gasteiger partial charge < -0.3 is 5.32 Å². The minimum atomic E-state index is -0.797. The summed E-state index contributed by atoms with van der Waals surface area (Å²) >= 11 is 0. The molecule has 1 saturated carbocycles. The van der Waals surface area contributed by atoms with Gasteiger partial charge in [0.25, 0.3) is 0 Å². The summed E-state index contributed by atoms with van der Waals surface area (Å²) < 4.78 is 26.0. The molecule has 0 spiro atoms. The molecule has 1 fully saturated rings. The maximum absolute atomic E-state index is 13.1. The Hall–Kier alpha value is -1.22. The standard InChI is InChI=1S/C15H19F2N/c1-10(2)12(9-18-13-4-5-13)7-11-3-6-14(16)15(17)8-11/h3,6-8,10,13,18H,4-5,9H2,1-2H3. The Morgan fingerprint density at radius 1 is 1.33 bits per heavy atom. The van der Waals surface area contributed by atoms with Crippen molar-refractivity contribution in [1.82, 2.24) is 5.32 Å². The molecule has 0 amide bonds. The molecule has 1 N–H and O–H groups in total. The zero-order chi connectivity index (χ0) is 13.1. The third kappa shape index (κ3) is 3.64. The highest BCUT2D eigenvalue weighted by atomic mass is 19.2. The molecule has 98 valence electrons. The summed E-state index contributed by atoms with van der Waals surface area (Å²) in [6.07, 6.45) is 4.44. The van der Waals surface area contributed by atoms with Gasteiger partial charge in [-0.3, -0.25) is 0 Å². The van der Waals surface area contributed by atoms with Crippen molar-refractivity contribution in [3.63, 3.8) is 0 Å². The molecule has 0 saturated heterocycles. The number of halogens is 2. The highest BCUT2D eigenvalue weighted by molar-refractivity contribution is 5.53. The van der Waals surface area contributed by atoms with Crippen LogP contribution in [0.1, 0.15) is 32.3 Å². The molecule has 1 aliphatic carbocycles. The van der Waals surface area contributed by atoms with Crippen LogP contribution in [0, 0.1) is 17.6 Å². The molecule has 1 aliphatic rings. The molecule has 0 atom stereocenters. The number of hydrogen-bond donors (Lipinski definition) is 1. The van der Waals surface area contributed by atoms with Gasteiger partial charge in [0.15, 0.2) is 11.6 Å². The average Bonchev–Trinajstić information content (AvgIpc) is 3.12. The molecule has 3 heteroatoms. The molecule has 1 aromatic carbocycles. The number of nitrogens with one attached hydrogen (secondary N) is 1. The minimum absolute atomic E-state index is 0.393. The van der Waals surface area contributed by atoms with Gasteiger partial charge in [0, 0.05) is 12.6 Å². The van der Waals surface area contributed by atoms with E-state index >= 15 is 0 Å². The van der Waals surface area contributed by atoms with Crippen LogP contribution in [-0.4, -0.2) is 12.6 Å². The lowest BCUT2D eigenvalue weighted by Crippen LogP contribution is -2.21. The average molecular weight is 251 g/mol. The van der Waals surface area contributed by atoms with Crippen LogP contribution < -0.4 is 5.32 Å². The van der Waals surface area contributed by atoms with E-state index in [0.29, 0.717) is 12.0 Å². The Morgan fingerprint density at radius 3 is 2.61 bits per heavy atom. The van der Waals surface area contributed by atoms with Gasteiger partial charge in [0.2, 0.25) is 0 Å². The van der Waals surface area contributed by atoms with Crippen molar-refractivity contribution in [2.24, 2.45) is 5.92 Å². The number of rotatable bonds is 5. The molecule has 1 nitrogen and oxygen atoms in total. The Kier molecular flexibility index (Phi) is 4.12. The third-order valence-electron chi connectivity index (χ3n) is 3.21. The van der Waals surface area contributed by atoms with Gasteiger partial charge in [0.05, 0.1) is 0 Å². The lowest BCUT2D eigenvalue weighted by atomic mass is 10.00. The first-order valence-electron chi connectivity index (χ1n) is 6.45. The molecule has 0 radical (unpaired) electrons. The predicted octanol–water partition coefficient (Wildman–Crippen LogP) is 3.76. The summed E-state index contributed by atoms with van der Waals surface area (Å²) in [5.41, 5.74) is 1.93. The number of hydrogen-bond acceptors (Lipinski definition) is 1. The highest BCUT2D eigenvalue weighted by Crippen LogP contribution is 2.21. The van der Waals surface area contributed by atoms with E-state index in [4.69, 9.17) is 0 Å². The van der Waals surface area contributed by atoms with Crippen molar-refractivity contribution < 1.29 is 8.78 Å². The van der Waals surface area contributed by atoms with Gasteiger partial charge in [-0.05, 0) is 36.5 Å². The van der Waals surface area contributed by atoms with E-state index in [1.54, 1.807) is 6.07 Å². The van der Waals surface area contributed by atoms with Gasteiger partial charge >= 0.3 is 0 Å². The molecular formula is C15H19F2N. The van der Waals surface area contributed by atoms with E-state index in [-0.39, 0.29) is 0 Å². The number of benzene rings is 1. The summed E-state index contributed by atoms with van der Waals surface area (Å²) in [6, 6.07) is 4.68. The van der Waals surface area contributed by atoms with Crippen LogP contribution in [0.25, 0.3) is 6.08 Å². The van der Waals surface area contributed by atoms with Crippen molar-refractivity contribution in [3.05, 3.63) is 41.0 Å². The lowest BCUT2D eigenvalue weighted by Gasteiger charge is -2.12. The van der Waals surface area contributed by atoms with Crippen molar-refractivity contribution in [2.75, 3.05) is 6.54 Å². The zero-order valence-corrected chi connectivity index (χ0v) is 10.8. The third-order valence-corrected chi connectivity index (χ3v) is 3.21. The van der Waals surface area contributed by atoms with Crippen LogP contribution in [-0.2, 0) is 0 Å². The molecule has 1 aromatic rings. The largest absolute Gasteiger partial charge is 0.310 e. The first-order valence-corrected chi connectivity index (χ1v) is 6.45. The summed E-state index contributed by atoms with van der Waals surface area (Å²) in [4.78, 5) is 0. The summed E-state index contributed by atoms with van der Waals surface area (Å²) in [6.45, 7) is 5.04. The van der Waals surface area contributed by atoms with Crippen LogP contribution >= 0.6 is 0 Å². The first-order chi connectivity index (χ1) is 8.56. The first kappa shape index (κ1) is 13.2. The fourth-order valence-electron chi connectivity index (χ4n) is 1.79. The zero-order valence-electron chi connectivity index (χ0n) is 10.8. The second-order valence-corrected chi connectivity index (χ2v) is 5.20. The van der Waals surface area contributed by atoms with E-state index in [1.165, 1.54) is 30.5 Å². The van der Waals surface area contributed by atoms with Gasteiger partial charge in [-0.15, -0.1) is 0 Å². The van der Waals surface area contributed by atoms with Gasteiger partial charge in [-0.1, -0.05) is 31.6 Å². The molecule has 0 aromatic heterocycles. The fraction of sp³-hybridized carbons (Fsp3) is 0.467. The molecule has 0 bridgehead atoms. The second-order valence-electron chi connectivity index (χ2n) is 5.20. The predicted molar refractivity (Wildman–Crippen MR) is 70.2 cm³/mol. The summed E-state index contributed by atoms with van der Waals surface area (Å²) in [5, 5.41) is 3.45. The van der Waals surface area contributed by atoms with E-state index < -0.39 is 11.6 Å². The highest BCUT2D eigenvalue weighted by Gasteiger charge is 2.20. The maximum atomic E-state index is 13.1. The van der Waals surface area contributed by atoms with Gasteiger partial charge in [-0.25, -0.2) is 8.78 Å². The second kappa shape index (κ2) is 5.61. The fourth-order valence-corrected chi connectivity index (χ4v) is 1.79. The lowest BCUT2D eigenvalue weighted by molar-refractivity contribution is 0.508. The van der Waals surface area contributed by atoms with Gasteiger partial charge in [-0.2, -0.15) is 0 Å². The Morgan fingerprint density at radius 2 is 2.06 bits per heavy atom. The molecule has 0 heterocycles. The molecule has 18 heavy (non-hydrogen) atoms. The molecule has 2 rings (SSSR count). The Bertz CT molecular complexity index is 448. The van der Waals surface area contributed by atoms with Crippen LogP contribution in [0.15, 0.2) is 23.8 Å². The maximum Gasteiger partial charge on any atom is 0.159 e. The van der Waals surface area contributed by atoms with Crippen molar-refractivity contribution >= 4 is 6.08 Å². The van der Waals surface area contributed by atoms with E-state index in [0.717, 1.165) is 12.1 Å². The smallest absolute Gasteiger partial charge is 0.159 e. The van der Waals surface area contributed by atoms with E-state index in [9.17, 15) is 8.78 Å². The Labute approximate surface area is 107 Å². The quantitative estimate of drug-likeness (QED) is 0.840. The topological polar surface area (TPSA) is 12.0 Å². The van der Waals surface area contributed by atoms with Crippen LogP contribution in [0.5, 0.6) is 0 Å². The van der Waals surface area contributed by atoms with Gasteiger partial charge in [0.1, 0.15) is 0 Å². The SMILES string of the molecule is CC(C)C(=Cc1ccc(F)c(F)c1)CNC1CC1. The summed E-state index contributed by atoms with van der Waals surface area (Å²) in [5.74, 6) is -1.19. The van der Waals surface area contributed by atoms with Crippen molar-refractivity contribution in [1.29, 1.82) is 0 Å². The molecule has 0 aliphatic heterocycles. The van der Waals surface area contributed by atoms with Crippen LogP contribution in [0.4, 0.5) is 8.78 Å². The van der Waals surface area contributed by atoms with E-state index in [1.807, 2.05) is 6.08 Å². The molecular weight excluding hydrogens is 232 g/mol. The molecule has 0 unspecified atom stereocenters. The normalized spacial score (nSPS) is 16.4. The van der Waals surface area contributed by atoms with Crippen LogP contribution in [0.3, 0.4) is 0 Å². The van der Waals surface area contributed by atoms with Crippen molar-refractivity contribution in [2.45, 2.75) is 32.7 Å². The van der Waals surface area contributed by atoms with Crippen LogP contribution in [0.2, 0.25) is 0 Å². The monoisotopic (exact) mass is 251 g/mol. The van der Waals surface area contributed by atoms with E-state index in [2.05, 4.69) is 19.2 Å².